The van der Waals surface area contributed by atoms with Crippen molar-refractivity contribution >= 4 is 6.03 Å². The summed E-state index contributed by atoms with van der Waals surface area (Å²) in [6.07, 6.45) is -11.3. The lowest BCUT2D eigenvalue weighted by Gasteiger charge is -2.39. The van der Waals surface area contributed by atoms with Crippen LogP contribution in [0.3, 0.4) is 0 Å². The van der Waals surface area contributed by atoms with Crippen LogP contribution in [-0.4, -0.2) is 81.6 Å². The molecule has 0 bridgehead atoms. The number of nitrogens with zero attached hydrogens (tertiary/aromatic N) is 2. The number of hydrogen-bond acceptors (Lipinski definition) is 5. The van der Waals surface area contributed by atoms with E-state index in [1.165, 1.54) is 18.2 Å². The lowest BCUT2D eigenvalue weighted by atomic mass is 10.1. The molecule has 1 aromatic rings. The van der Waals surface area contributed by atoms with Gasteiger partial charge in [-0.1, -0.05) is 30.3 Å². The Labute approximate surface area is 167 Å². The average molecular weight is 438 g/mol. The van der Waals surface area contributed by atoms with Gasteiger partial charge in [-0.15, -0.1) is 0 Å². The number of rotatable bonds is 5. The molecule has 4 atom stereocenters. The second kappa shape index (κ2) is 8.10. The topological polar surface area (TPSA) is 93.5 Å². The first-order valence-corrected chi connectivity index (χ1v) is 8.86. The van der Waals surface area contributed by atoms with Gasteiger partial charge in [-0.25, -0.2) is 4.79 Å². The fraction of sp³-hybridized carbons (Fsp3) is 0.500. The van der Waals surface area contributed by atoms with E-state index in [0.717, 1.165) is 12.1 Å². The van der Waals surface area contributed by atoms with Gasteiger partial charge in [-0.3, -0.25) is 4.90 Å². The van der Waals surface area contributed by atoms with Gasteiger partial charge in [0.2, 0.25) is 0 Å². The van der Waals surface area contributed by atoms with Crippen molar-refractivity contribution in [3.63, 3.8) is 0 Å². The molecule has 2 heterocycles. The minimum absolute atomic E-state index is 0.296. The van der Waals surface area contributed by atoms with Crippen molar-refractivity contribution in [2.75, 3.05) is 19.7 Å². The zero-order chi connectivity index (χ0) is 22.3. The summed E-state index contributed by atoms with van der Waals surface area (Å²) in [5.41, 5.74) is -1.80. The van der Waals surface area contributed by atoms with Crippen molar-refractivity contribution in [2.45, 2.75) is 36.6 Å². The Bertz CT molecular complexity index is 804. The number of urea groups is 1. The third-order valence-corrected chi connectivity index (χ3v) is 4.89. The van der Waals surface area contributed by atoms with Crippen LogP contribution in [0.4, 0.5) is 26.7 Å². The molecule has 0 aromatic heterocycles. The highest BCUT2D eigenvalue weighted by Crippen LogP contribution is 2.36. The summed E-state index contributed by atoms with van der Waals surface area (Å²) in [6, 6.07) is 5.03. The summed E-state index contributed by atoms with van der Waals surface area (Å²) in [6.45, 7) is -3.26. The average Bonchev–Trinajstić information content (AvgIpc) is 2.97. The van der Waals surface area contributed by atoms with E-state index in [2.05, 4.69) is 0 Å². The Morgan fingerprint density at radius 1 is 1.07 bits per heavy atom. The molecule has 3 rings (SSSR count). The number of ether oxygens (including phenoxy) is 1. The lowest BCUT2D eigenvalue weighted by molar-refractivity contribution is -0.109. The number of carbonyl (C=O) groups is 1. The molecule has 2 aliphatic heterocycles. The van der Waals surface area contributed by atoms with Gasteiger partial charge in [0.05, 0.1) is 25.3 Å². The van der Waals surface area contributed by atoms with E-state index in [0.29, 0.717) is 16.0 Å². The molecule has 0 spiro atoms. The van der Waals surface area contributed by atoms with E-state index in [4.69, 9.17) is 9.84 Å². The third kappa shape index (κ3) is 4.26. The molecule has 7 nitrogen and oxygen atoms in total. The van der Waals surface area contributed by atoms with E-state index < -0.39 is 73.5 Å². The molecule has 0 aliphatic carbocycles. The molecule has 1 aromatic carbocycles. The standard InChI is InChI=1S/C18H19F5N2O5/c19-17(20,10-4-2-1-3-5-10)9-24-6-11(18(21,22)23)7-25(16(24)29)15-14(28)13(27)12(8-26)30-15/h1-5,7,12-15,26-28H,6,8-9H2/t12-,13+,14+,15-/m1/s1. The lowest BCUT2D eigenvalue weighted by Crippen LogP contribution is -2.55. The van der Waals surface area contributed by atoms with E-state index in [1.54, 1.807) is 0 Å². The summed E-state index contributed by atoms with van der Waals surface area (Å²) in [4.78, 5) is 13.3. The van der Waals surface area contributed by atoms with Crippen molar-refractivity contribution in [1.29, 1.82) is 0 Å². The van der Waals surface area contributed by atoms with Gasteiger partial charge in [-0.05, 0) is 0 Å². The maximum atomic E-state index is 14.6. The number of amides is 2. The highest BCUT2D eigenvalue weighted by molar-refractivity contribution is 5.78. The van der Waals surface area contributed by atoms with Crippen LogP contribution in [0.1, 0.15) is 5.56 Å². The Hall–Kier alpha value is -2.28. The molecule has 2 aliphatic rings. The van der Waals surface area contributed by atoms with Crippen LogP contribution in [-0.2, 0) is 10.7 Å². The normalized spacial score (nSPS) is 28.1. The molecular weight excluding hydrogens is 419 g/mol. The van der Waals surface area contributed by atoms with Crippen LogP contribution in [0.15, 0.2) is 42.1 Å². The minimum Gasteiger partial charge on any atom is -0.394 e. The zero-order valence-corrected chi connectivity index (χ0v) is 15.3. The summed E-state index contributed by atoms with van der Waals surface area (Å²) in [5.74, 6) is -3.65. The van der Waals surface area contributed by atoms with Crippen molar-refractivity contribution in [2.24, 2.45) is 0 Å². The van der Waals surface area contributed by atoms with Crippen molar-refractivity contribution in [1.82, 2.24) is 9.80 Å². The molecular formula is C18H19F5N2O5. The van der Waals surface area contributed by atoms with Gasteiger partial charge >= 0.3 is 12.2 Å². The molecule has 2 amide bonds. The van der Waals surface area contributed by atoms with Gasteiger partial charge in [0.1, 0.15) is 18.3 Å². The zero-order valence-electron chi connectivity index (χ0n) is 15.3. The fourth-order valence-electron chi connectivity index (χ4n) is 3.29. The maximum absolute atomic E-state index is 14.6. The third-order valence-electron chi connectivity index (χ3n) is 4.89. The van der Waals surface area contributed by atoms with Crippen molar-refractivity contribution in [3.05, 3.63) is 47.7 Å². The minimum atomic E-state index is -4.95. The number of halogens is 5. The predicted octanol–water partition coefficient (Wildman–Crippen LogP) is 1.40. The van der Waals surface area contributed by atoms with Crippen LogP contribution in [0.2, 0.25) is 0 Å². The van der Waals surface area contributed by atoms with E-state index in [-0.39, 0.29) is 0 Å². The second-order valence-electron chi connectivity index (χ2n) is 7.00. The summed E-state index contributed by atoms with van der Waals surface area (Å²) in [5, 5.41) is 29.0. The summed E-state index contributed by atoms with van der Waals surface area (Å²) in [7, 11) is 0. The van der Waals surface area contributed by atoms with Gasteiger partial charge in [0.15, 0.2) is 6.23 Å². The first-order chi connectivity index (χ1) is 14.0. The Balaban J connectivity index is 1.91. The molecule has 0 radical (unpaired) electrons. The molecule has 0 saturated carbocycles. The van der Waals surface area contributed by atoms with Gasteiger partial charge in [-0.2, -0.15) is 22.0 Å². The Morgan fingerprint density at radius 2 is 1.70 bits per heavy atom. The number of alkyl halides is 5. The highest BCUT2D eigenvalue weighted by atomic mass is 19.4. The SMILES string of the molecule is O=C1N(CC(F)(F)c2ccccc2)CC(C(F)(F)F)=CN1[C@@H]1O[C@H](CO)[C@H](O)[C@@H]1O. The maximum Gasteiger partial charge on any atom is 0.415 e. The van der Waals surface area contributed by atoms with E-state index in [1.807, 2.05) is 0 Å². The summed E-state index contributed by atoms with van der Waals surface area (Å²) >= 11 is 0. The molecule has 12 heteroatoms. The molecule has 166 valence electrons. The van der Waals surface area contributed by atoms with Gasteiger partial charge in [0, 0.05) is 11.8 Å². The van der Waals surface area contributed by atoms with Crippen LogP contribution in [0, 0.1) is 0 Å². The highest BCUT2D eigenvalue weighted by Gasteiger charge is 2.51. The first-order valence-electron chi connectivity index (χ1n) is 8.86. The smallest absolute Gasteiger partial charge is 0.394 e. The monoisotopic (exact) mass is 438 g/mol. The summed E-state index contributed by atoms with van der Waals surface area (Å²) < 4.78 is 74.4. The van der Waals surface area contributed by atoms with Crippen molar-refractivity contribution in [3.8, 4) is 0 Å². The van der Waals surface area contributed by atoms with Gasteiger partial charge < -0.3 is 25.0 Å². The number of hydrogen-bond donors (Lipinski definition) is 3. The fourth-order valence-corrected chi connectivity index (χ4v) is 3.29. The number of benzene rings is 1. The van der Waals surface area contributed by atoms with E-state index >= 15 is 0 Å². The van der Waals surface area contributed by atoms with E-state index in [9.17, 15) is 37.0 Å². The quantitative estimate of drug-likeness (QED) is 0.605. The molecule has 0 unspecified atom stereocenters. The molecule has 1 fully saturated rings. The van der Waals surface area contributed by atoms with Crippen LogP contribution >= 0.6 is 0 Å². The molecule has 1 saturated heterocycles. The van der Waals surface area contributed by atoms with Crippen LogP contribution < -0.4 is 0 Å². The predicted molar refractivity (Wildman–Crippen MR) is 91.0 cm³/mol. The van der Waals surface area contributed by atoms with Crippen LogP contribution in [0.5, 0.6) is 0 Å². The Morgan fingerprint density at radius 3 is 2.23 bits per heavy atom. The molecule has 30 heavy (non-hydrogen) atoms. The second-order valence-corrected chi connectivity index (χ2v) is 7.00. The number of aliphatic hydroxyl groups excluding tert-OH is 3. The van der Waals surface area contributed by atoms with Crippen LogP contribution in [0.25, 0.3) is 0 Å². The Kier molecular flexibility index (Phi) is 6.05. The largest absolute Gasteiger partial charge is 0.415 e. The number of aliphatic hydroxyl groups is 3. The van der Waals surface area contributed by atoms with Crippen molar-refractivity contribution < 1.29 is 46.8 Å². The number of carbonyl (C=O) groups excluding carboxylic acids is 1. The molecule has 3 N–H and O–H groups in total. The first kappa shape index (κ1) is 22.4. The van der Waals surface area contributed by atoms with Gasteiger partial charge in [0.25, 0.3) is 5.92 Å².